The molecular formula is C18H21N5S2. The van der Waals surface area contributed by atoms with Gasteiger partial charge < -0.3 is 10.6 Å². The fourth-order valence-corrected chi connectivity index (χ4v) is 3.85. The first-order valence-electron chi connectivity index (χ1n) is 8.10. The molecule has 0 spiro atoms. The van der Waals surface area contributed by atoms with Gasteiger partial charge in [-0.3, -0.25) is 4.99 Å². The second kappa shape index (κ2) is 8.73. The molecule has 0 radical (unpaired) electrons. The third-order valence-corrected chi connectivity index (χ3v) is 5.37. The van der Waals surface area contributed by atoms with Gasteiger partial charge in [-0.05, 0) is 6.92 Å². The predicted octanol–water partition coefficient (Wildman–Crippen LogP) is 3.48. The molecule has 0 unspecified atom stereocenters. The first-order valence-corrected chi connectivity index (χ1v) is 9.80. The van der Waals surface area contributed by atoms with Crippen LogP contribution >= 0.6 is 22.7 Å². The topological polar surface area (TPSA) is 62.2 Å². The minimum absolute atomic E-state index is 0.660. The van der Waals surface area contributed by atoms with Gasteiger partial charge in [0, 0.05) is 42.0 Å². The summed E-state index contributed by atoms with van der Waals surface area (Å²) < 4.78 is 0. The Morgan fingerprint density at radius 2 is 2.00 bits per heavy atom. The molecule has 0 saturated carbocycles. The third-order valence-electron chi connectivity index (χ3n) is 3.55. The standard InChI is InChI=1S/C18H21N5S2/c1-13-10-21-16(25-13)8-9-20-18(19-2)22-11-17-23-15(12-24-17)14-6-4-3-5-7-14/h3-7,10,12H,8-9,11H2,1-2H3,(H2,19,20,22). The first-order chi connectivity index (χ1) is 12.2. The summed E-state index contributed by atoms with van der Waals surface area (Å²) in [5.41, 5.74) is 2.16. The molecule has 7 heteroatoms. The zero-order valence-electron chi connectivity index (χ0n) is 14.3. The van der Waals surface area contributed by atoms with Crippen molar-refractivity contribution in [1.82, 2.24) is 20.6 Å². The summed E-state index contributed by atoms with van der Waals surface area (Å²) in [4.78, 5) is 14.6. The molecule has 0 saturated heterocycles. The number of guanidine groups is 1. The maximum atomic E-state index is 4.68. The van der Waals surface area contributed by atoms with Crippen LogP contribution in [0.1, 0.15) is 14.9 Å². The van der Waals surface area contributed by atoms with Crippen LogP contribution in [-0.2, 0) is 13.0 Å². The van der Waals surface area contributed by atoms with Gasteiger partial charge in [-0.25, -0.2) is 9.97 Å². The number of benzene rings is 1. The van der Waals surface area contributed by atoms with Crippen molar-refractivity contribution >= 4 is 28.6 Å². The Bertz CT molecular complexity index is 823. The number of hydrogen-bond acceptors (Lipinski definition) is 5. The summed E-state index contributed by atoms with van der Waals surface area (Å²) in [6.45, 7) is 3.54. The molecule has 0 bridgehead atoms. The Hall–Kier alpha value is -2.25. The molecule has 0 fully saturated rings. The summed E-state index contributed by atoms with van der Waals surface area (Å²) in [5.74, 6) is 0.782. The van der Waals surface area contributed by atoms with E-state index in [1.165, 1.54) is 4.88 Å². The van der Waals surface area contributed by atoms with Crippen molar-refractivity contribution in [3.8, 4) is 11.3 Å². The first kappa shape index (κ1) is 17.6. The quantitative estimate of drug-likeness (QED) is 0.514. The van der Waals surface area contributed by atoms with E-state index in [4.69, 9.17) is 0 Å². The van der Waals surface area contributed by atoms with Crippen LogP contribution in [0.25, 0.3) is 11.3 Å². The van der Waals surface area contributed by atoms with Gasteiger partial charge in [0.05, 0.1) is 17.2 Å². The molecule has 25 heavy (non-hydrogen) atoms. The smallest absolute Gasteiger partial charge is 0.191 e. The lowest BCUT2D eigenvalue weighted by molar-refractivity contribution is 0.789. The van der Waals surface area contributed by atoms with Crippen LogP contribution in [0.15, 0.2) is 46.9 Å². The monoisotopic (exact) mass is 371 g/mol. The summed E-state index contributed by atoms with van der Waals surface area (Å²) in [6.07, 6.45) is 2.81. The van der Waals surface area contributed by atoms with Crippen LogP contribution in [0.3, 0.4) is 0 Å². The Morgan fingerprint density at radius 3 is 2.72 bits per heavy atom. The van der Waals surface area contributed by atoms with E-state index >= 15 is 0 Å². The molecule has 0 amide bonds. The van der Waals surface area contributed by atoms with E-state index in [1.54, 1.807) is 29.7 Å². The Kier molecular flexibility index (Phi) is 6.14. The van der Waals surface area contributed by atoms with Crippen LogP contribution < -0.4 is 10.6 Å². The fraction of sp³-hybridized carbons (Fsp3) is 0.278. The molecule has 0 atom stereocenters. The number of rotatable bonds is 6. The van der Waals surface area contributed by atoms with E-state index < -0.39 is 0 Å². The number of thiazole rings is 2. The molecule has 0 aliphatic carbocycles. The van der Waals surface area contributed by atoms with Gasteiger partial charge in [0.25, 0.3) is 0 Å². The molecular weight excluding hydrogens is 350 g/mol. The second-order valence-corrected chi connectivity index (χ2v) is 7.72. The summed E-state index contributed by atoms with van der Waals surface area (Å²) in [5, 5.41) is 10.9. The van der Waals surface area contributed by atoms with Crippen molar-refractivity contribution < 1.29 is 0 Å². The number of nitrogens with one attached hydrogen (secondary N) is 2. The van der Waals surface area contributed by atoms with Crippen molar-refractivity contribution in [2.45, 2.75) is 19.9 Å². The van der Waals surface area contributed by atoms with Gasteiger partial charge in [-0.15, -0.1) is 22.7 Å². The van der Waals surface area contributed by atoms with Gasteiger partial charge in [-0.1, -0.05) is 30.3 Å². The highest BCUT2D eigenvalue weighted by Gasteiger charge is 2.05. The van der Waals surface area contributed by atoms with Gasteiger partial charge in [0.1, 0.15) is 5.01 Å². The Labute approximate surface area is 155 Å². The fourth-order valence-electron chi connectivity index (χ4n) is 2.32. The van der Waals surface area contributed by atoms with Crippen molar-refractivity contribution in [3.05, 3.63) is 56.8 Å². The molecule has 130 valence electrons. The maximum Gasteiger partial charge on any atom is 0.191 e. The van der Waals surface area contributed by atoms with Gasteiger partial charge >= 0.3 is 0 Å². The summed E-state index contributed by atoms with van der Waals surface area (Å²) >= 11 is 3.39. The number of aryl methyl sites for hydroxylation is 1. The van der Waals surface area contributed by atoms with Crippen LogP contribution in [-0.4, -0.2) is 29.5 Å². The van der Waals surface area contributed by atoms with Gasteiger partial charge in [0.2, 0.25) is 0 Å². The SMILES string of the molecule is CN=C(NCCc1ncc(C)s1)NCc1nc(-c2ccccc2)cs1. The van der Waals surface area contributed by atoms with Crippen LogP contribution in [0.5, 0.6) is 0 Å². The van der Waals surface area contributed by atoms with E-state index in [1.807, 2.05) is 24.4 Å². The molecule has 0 aliphatic heterocycles. The lowest BCUT2D eigenvalue weighted by atomic mass is 10.2. The molecule has 2 N–H and O–H groups in total. The van der Waals surface area contributed by atoms with Crippen molar-refractivity contribution in [1.29, 1.82) is 0 Å². The third kappa shape index (κ3) is 5.11. The van der Waals surface area contributed by atoms with E-state index in [2.05, 4.69) is 50.0 Å². The highest BCUT2D eigenvalue weighted by atomic mass is 32.1. The molecule has 3 aromatic rings. The summed E-state index contributed by atoms with van der Waals surface area (Å²) in [6, 6.07) is 10.2. The average Bonchev–Trinajstić information content (AvgIpc) is 3.28. The number of aromatic nitrogens is 2. The average molecular weight is 372 g/mol. The minimum atomic E-state index is 0.660. The van der Waals surface area contributed by atoms with Gasteiger partial charge in [-0.2, -0.15) is 0 Å². The molecule has 1 aromatic carbocycles. The molecule has 0 aliphatic rings. The highest BCUT2D eigenvalue weighted by molar-refractivity contribution is 7.11. The van der Waals surface area contributed by atoms with E-state index in [0.29, 0.717) is 6.54 Å². The highest BCUT2D eigenvalue weighted by Crippen LogP contribution is 2.21. The number of aliphatic imine (C=N–C) groups is 1. The van der Waals surface area contributed by atoms with E-state index in [9.17, 15) is 0 Å². The summed E-state index contributed by atoms with van der Waals surface area (Å²) in [7, 11) is 1.78. The Morgan fingerprint density at radius 1 is 1.16 bits per heavy atom. The Balaban J connectivity index is 1.47. The molecule has 2 aromatic heterocycles. The van der Waals surface area contributed by atoms with Crippen molar-refractivity contribution in [2.24, 2.45) is 4.99 Å². The minimum Gasteiger partial charge on any atom is -0.356 e. The van der Waals surface area contributed by atoms with Crippen LogP contribution in [0, 0.1) is 6.92 Å². The van der Waals surface area contributed by atoms with Gasteiger partial charge in [0.15, 0.2) is 5.96 Å². The van der Waals surface area contributed by atoms with Crippen LogP contribution in [0.4, 0.5) is 0 Å². The molecule has 5 nitrogen and oxygen atoms in total. The zero-order valence-corrected chi connectivity index (χ0v) is 16.0. The van der Waals surface area contributed by atoms with Crippen LogP contribution in [0.2, 0.25) is 0 Å². The van der Waals surface area contributed by atoms with Crippen molar-refractivity contribution in [3.63, 3.8) is 0 Å². The van der Waals surface area contributed by atoms with E-state index in [-0.39, 0.29) is 0 Å². The van der Waals surface area contributed by atoms with E-state index in [0.717, 1.165) is 40.2 Å². The normalized spacial score (nSPS) is 11.5. The zero-order chi connectivity index (χ0) is 17.5. The largest absolute Gasteiger partial charge is 0.356 e. The van der Waals surface area contributed by atoms with Crippen molar-refractivity contribution in [2.75, 3.05) is 13.6 Å². The lowest BCUT2D eigenvalue weighted by Crippen LogP contribution is -2.37. The second-order valence-electron chi connectivity index (χ2n) is 5.46. The predicted molar refractivity (Wildman–Crippen MR) is 106 cm³/mol. The molecule has 3 rings (SSSR count). The maximum absolute atomic E-state index is 4.68. The number of hydrogen-bond donors (Lipinski definition) is 2. The molecule has 2 heterocycles. The lowest BCUT2D eigenvalue weighted by Gasteiger charge is -2.10. The number of nitrogens with zero attached hydrogens (tertiary/aromatic N) is 3.